The quantitative estimate of drug-likeness (QED) is 0.0750. The molecule has 2 aliphatic heterocycles. The van der Waals surface area contributed by atoms with Crippen molar-refractivity contribution < 1.29 is 38.9 Å². The van der Waals surface area contributed by atoms with Crippen molar-refractivity contribution in [3.63, 3.8) is 0 Å². The second-order valence-electron chi connectivity index (χ2n) is 15.5. The molecular formula is C42H36Cl2N6O10. The van der Waals surface area contributed by atoms with E-state index in [9.17, 15) is 34.9 Å². The number of phenols is 1. The van der Waals surface area contributed by atoms with Crippen molar-refractivity contribution in [3.8, 4) is 11.5 Å². The molecule has 4 aromatic rings. The predicted molar refractivity (Wildman–Crippen MR) is 220 cm³/mol. The van der Waals surface area contributed by atoms with E-state index in [2.05, 4.69) is 5.43 Å². The van der Waals surface area contributed by atoms with Crippen LogP contribution in [0, 0.1) is 50.8 Å². The predicted octanol–water partition coefficient (Wildman–Crippen LogP) is 7.09. The highest BCUT2D eigenvalue weighted by atomic mass is 35.5. The summed E-state index contributed by atoms with van der Waals surface area (Å²) in [6.07, 6.45) is 1.64. The number of hydrogen-bond donors (Lipinski definition) is 2. The van der Waals surface area contributed by atoms with Gasteiger partial charge in [0.25, 0.3) is 11.8 Å². The highest BCUT2D eigenvalue weighted by Gasteiger charge is 2.71. The number of methoxy groups -OCH3 is 1. The van der Waals surface area contributed by atoms with Crippen LogP contribution in [0.3, 0.4) is 0 Å². The summed E-state index contributed by atoms with van der Waals surface area (Å²) in [5.74, 6) is -7.84. The fourth-order valence-electron chi connectivity index (χ4n) is 9.81. The number of anilines is 3. The molecule has 0 bridgehead atoms. The summed E-state index contributed by atoms with van der Waals surface area (Å²) in [7, 11) is 4.28. The number of phenolic OH excluding ortho intramolecular Hbond substituents is 1. The molecule has 0 spiro atoms. The average molecular weight is 856 g/mol. The summed E-state index contributed by atoms with van der Waals surface area (Å²) in [5, 5.41) is 37.7. The number of rotatable bonds is 9. The van der Waals surface area contributed by atoms with Gasteiger partial charge in [0, 0.05) is 42.7 Å². The fraction of sp³-hybridized carbons (Fsp3) is 0.286. The summed E-state index contributed by atoms with van der Waals surface area (Å²) >= 11 is 12.7. The highest BCUT2D eigenvalue weighted by Crippen LogP contribution is 2.65. The average Bonchev–Trinajstić information content (AvgIpc) is 3.59. The van der Waals surface area contributed by atoms with Crippen LogP contribution in [-0.2, 0) is 24.6 Å². The van der Waals surface area contributed by atoms with Crippen LogP contribution in [0.5, 0.6) is 11.5 Å². The minimum atomic E-state index is -1.75. The molecule has 4 aromatic carbocycles. The zero-order valence-electron chi connectivity index (χ0n) is 32.4. The molecule has 0 radical (unpaired) electrons. The molecule has 16 nitrogen and oxygen atoms in total. The lowest BCUT2D eigenvalue weighted by atomic mass is 9.49. The number of fused-ring (bicyclic) bond motifs is 4. The SMILES string of the molecule is COc1ccc([C@@]23C(=O)N(Nc4ccc(Cl)cc4Cl)C(=O)[C@@H]2C[C@@H]2C(=CC[C@@H]4C(=O)N(c5cc([N+](=O)[O-])c(N(C)C)c([N+](=O)[O-])c5)C(=O)[C@@H]42)[C@@H]3c2cccc(C)c2O)cc1. The van der Waals surface area contributed by atoms with Crippen LogP contribution in [-0.4, -0.2) is 64.8 Å². The first-order chi connectivity index (χ1) is 28.5. The van der Waals surface area contributed by atoms with Gasteiger partial charge in [0.1, 0.15) is 11.5 Å². The molecule has 1 saturated carbocycles. The van der Waals surface area contributed by atoms with Crippen molar-refractivity contribution in [2.75, 3.05) is 36.4 Å². The topological polar surface area (TPSA) is 206 Å². The van der Waals surface area contributed by atoms with Gasteiger partial charge in [0.05, 0.1) is 56.5 Å². The molecule has 308 valence electrons. The van der Waals surface area contributed by atoms with Crippen molar-refractivity contribution in [3.05, 3.63) is 131 Å². The normalized spacial score (nSPS) is 24.4. The van der Waals surface area contributed by atoms with Gasteiger partial charge in [-0.1, -0.05) is 65.2 Å². The Bertz CT molecular complexity index is 2560. The first-order valence-corrected chi connectivity index (χ1v) is 19.5. The van der Waals surface area contributed by atoms with Gasteiger partial charge >= 0.3 is 11.4 Å². The maximum Gasteiger partial charge on any atom is 0.301 e. The third kappa shape index (κ3) is 5.87. The zero-order chi connectivity index (χ0) is 43.1. The van der Waals surface area contributed by atoms with E-state index in [1.54, 1.807) is 55.5 Å². The number of ether oxygens (including phenoxy) is 1. The molecule has 6 atom stereocenters. The minimum absolute atomic E-state index is 0.0194. The monoisotopic (exact) mass is 854 g/mol. The first-order valence-electron chi connectivity index (χ1n) is 18.8. The highest BCUT2D eigenvalue weighted by molar-refractivity contribution is 6.36. The molecule has 8 rings (SSSR count). The van der Waals surface area contributed by atoms with E-state index in [-0.39, 0.29) is 40.7 Å². The largest absolute Gasteiger partial charge is 0.507 e. The van der Waals surface area contributed by atoms with Crippen LogP contribution < -0.4 is 20.0 Å². The van der Waals surface area contributed by atoms with E-state index < -0.39 is 79.9 Å². The van der Waals surface area contributed by atoms with Crippen molar-refractivity contribution >= 4 is 75.3 Å². The van der Waals surface area contributed by atoms with E-state index in [0.717, 1.165) is 22.0 Å². The summed E-state index contributed by atoms with van der Waals surface area (Å²) in [4.78, 5) is 84.6. The third-order valence-electron chi connectivity index (χ3n) is 12.3. The van der Waals surface area contributed by atoms with Gasteiger partial charge in [-0.05, 0) is 67.1 Å². The Labute approximate surface area is 352 Å². The van der Waals surface area contributed by atoms with E-state index in [1.165, 1.54) is 44.3 Å². The number of imide groups is 2. The molecule has 4 amide bonds. The van der Waals surface area contributed by atoms with Crippen molar-refractivity contribution in [2.24, 2.45) is 23.7 Å². The molecule has 2 saturated heterocycles. The van der Waals surface area contributed by atoms with E-state index in [4.69, 9.17) is 27.9 Å². The molecule has 0 unspecified atom stereocenters. The number of nitro benzene ring substituents is 2. The lowest BCUT2D eigenvalue weighted by molar-refractivity contribution is -0.392. The summed E-state index contributed by atoms with van der Waals surface area (Å²) < 4.78 is 5.44. The number of aryl methyl sites for hydroxylation is 1. The molecule has 2 heterocycles. The number of hydrazine groups is 1. The van der Waals surface area contributed by atoms with Gasteiger partial charge in [-0.3, -0.25) is 44.8 Å². The summed E-state index contributed by atoms with van der Waals surface area (Å²) in [5.41, 5.74) is 1.07. The maximum atomic E-state index is 15.5. The Balaban J connectivity index is 1.32. The molecular weight excluding hydrogens is 819 g/mol. The van der Waals surface area contributed by atoms with Gasteiger partial charge in [-0.25, -0.2) is 4.90 Å². The molecule has 4 aliphatic rings. The van der Waals surface area contributed by atoms with Gasteiger partial charge in [0.15, 0.2) is 5.69 Å². The Morgan fingerprint density at radius 1 is 0.900 bits per heavy atom. The summed E-state index contributed by atoms with van der Waals surface area (Å²) in [6.45, 7) is 1.69. The Morgan fingerprint density at radius 3 is 2.17 bits per heavy atom. The van der Waals surface area contributed by atoms with Crippen LogP contribution in [0.2, 0.25) is 10.0 Å². The van der Waals surface area contributed by atoms with Gasteiger partial charge in [-0.15, -0.1) is 0 Å². The fourth-order valence-corrected chi connectivity index (χ4v) is 10.3. The van der Waals surface area contributed by atoms with Crippen molar-refractivity contribution in [1.82, 2.24) is 5.01 Å². The van der Waals surface area contributed by atoms with Gasteiger partial charge in [0.2, 0.25) is 11.8 Å². The molecule has 2 aliphatic carbocycles. The Kier molecular flexibility index (Phi) is 9.82. The number of carbonyl (C=O) groups is 4. The lowest BCUT2D eigenvalue weighted by Gasteiger charge is -2.50. The number of para-hydroxylation sites is 1. The molecule has 60 heavy (non-hydrogen) atoms. The number of amides is 4. The molecule has 2 N–H and O–H groups in total. The molecule has 0 aromatic heterocycles. The van der Waals surface area contributed by atoms with E-state index in [1.807, 2.05) is 0 Å². The van der Waals surface area contributed by atoms with E-state index >= 15 is 9.59 Å². The van der Waals surface area contributed by atoms with Crippen LogP contribution in [0.25, 0.3) is 0 Å². The maximum absolute atomic E-state index is 15.5. The Morgan fingerprint density at radius 2 is 1.57 bits per heavy atom. The number of benzene rings is 4. The molecule has 18 heteroatoms. The zero-order valence-corrected chi connectivity index (χ0v) is 33.9. The molecule has 3 fully saturated rings. The van der Waals surface area contributed by atoms with Crippen LogP contribution in [0.1, 0.15) is 35.4 Å². The summed E-state index contributed by atoms with van der Waals surface area (Å²) in [6, 6.07) is 18.2. The van der Waals surface area contributed by atoms with E-state index in [0.29, 0.717) is 33.0 Å². The van der Waals surface area contributed by atoms with Gasteiger partial charge < -0.3 is 14.7 Å². The smallest absolute Gasteiger partial charge is 0.301 e. The Hall–Kier alpha value is -6.52. The number of hydrogen-bond acceptors (Lipinski definition) is 12. The van der Waals surface area contributed by atoms with Crippen LogP contribution in [0.4, 0.5) is 28.4 Å². The van der Waals surface area contributed by atoms with Crippen LogP contribution in [0.15, 0.2) is 84.4 Å². The number of halogens is 2. The second kappa shape index (κ2) is 14.6. The van der Waals surface area contributed by atoms with Crippen molar-refractivity contribution in [2.45, 2.75) is 31.1 Å². The van der Waals surface area contributed by atoms with Crippen LogP contribution >= 0.6 is 23.2 Å². The number of carbonyl (C=O) groups excluding carboxylic acids is 4. The number of allylic oxidation sites excluding steroid dienone is 2. The number of nitrogens with one attached hydrogen (secondary N) is 1. The second-order valence-corrected chi connectivity index (χ2v) is 16.3. The standard InChI is InChI=1S/C42H36Cl2N6O10/c1-20-6-5-7-27(37(20)51)35-25-13-14-26-34(40(54)47(38(26)52)23-17-32(49(56)57)36(46(2)3)33(18-23)50(58)59)28(25)19-29-39(53)48(45-31-15-10-22(43)16-30(31)44)41(55)42(29,35)21-8-11-24(60-4)12-9-21/h5-13,15-18,26,28-29,34-35,45,51H,14,19H2,1-4H3/t26-,28+,29-,34-,35+,42+/m0/s1. The minimum Gasteiger partial charge on any atom is -0.507 e. The number of nitro groups is 2. The third-order valence-corrected chi connectivity index (χ3v) is 12.9. The van der Waals surface area contributed by atoms with Crippen molar-refractivity contribution in [1.29, 1.82) is 0 Å². The lowest BCUT2D eigenvalue weighted by Crippen LogP contribution is -2.53. The first kappa shape index (κ1) is 40.3. The van der Waals surface area contributed by atoms with Gasteiger partial charge in [-0.2, -0.15) is 5.01 Å². The number of nitrogens with zero attached hydrogens (tertiary/aromatic N) is 5. The number of aromatic hydroxyl groups is 1.